The Hall–Kier alpha value is -1.33. The normalized spacial score (nSPS) is 20.6. The fourth-order valence-electron chi connectivity index (χ4n) is 3.49. The van der Waals surface area contributed by atoms with Crippen molar-refractivity contribution in [2.75, 3.05) is 5.32 Å². The van der Waals surface area contributed by atoms with Crippen molar-refractivity contribution in [2.24, 2.45) is 5.14 Å². The van der Waals surface area contributed by atoms with Gasteiger partial charge in [-0.3, -0.25) is 0 Å². The Morgan fingerprint density at radius 1 is 1.31 bits per heavy atom. The number of hydrogen-bond donors (Lipinski definition) is 4. The van der Waals surface area contributed by atoms with Crippen molar-refractivity contribution in [3.63, 3.8) is 0 Å². The highest BCUT2D eigenvalue weighted by Crippen LogP contribution is 2.36. The maximum absolute atomic E-state index is 14.1. The van der Waals surface area contributed by atoms with E-state index in [0.29, 0.717) is 12.8 Å². The number of piperidine rings is 1. The summed E-state index contributed by atoms with van der Waals surface area (Å²) in [5.41, 5.74) is -0.845. The Balaban J connectivity index is 2.08. The van der Waals surface area contributed by atoms with Crippen LogP contribution < -0.4 is 15.8 Å². The molecule has 0 atom stereocenters. The van der Waals surface area contributed by atoms with Crippen molar-refractivity contribution >= 4 is 33.0 Å². The summed E-state index contributed by atoms with van der Waals surface area (Å²) in [6.45, 7) is 7.74. The minimum atomic E-state index is -3.97. The van der Waals surface area contributed by atoms with E-state index in [-0.39, 0.29) is 21.7 Å². The molecule has 1 saturated heterocycles. The van der Waals surface area contributed by atoms with Gasteiger partial charge in [0, 0.05) is 17.1 Å². The van der Waals surface area contributed by atoms with Crippen molar-refractivity contribution in [1.82, 2.24) is 10.4 Å². The highest BCUT2D eigenvalue weighted by molar-refractivity contribution is 7.89. The zero-order valence-corrected chi connectivity index (χ0v) is 16.8. The number of nitrogens with zero attached hydrogens (tertiary/aromatic N) is 1. The first-order chi connectivity index (χ1) is 11.7. The fourth-order valence-corrected chi connectivity index (χ4v) is 4.29. The molecule has 0 spiro atoms. The van der Waals surface area contributed by atoms with E-state index in [4.69, 9.17) is 17.4 Å². The van der Waals surface area contributed by atoms with Crippen molar-refractivity contribution < 1.29 is 18.0 Å². The SMILES string of the molecule is CC1(C)CC(NC(=S)Nc2ccc(S(N)(=O)=O)cc2F)CC(C)(C)N1O. The van der Waals surface area contributed by atoms with E-state index in [1.54, 1.807) is 0 Å². The first-order valence-electron chi connectivity index (χ1n) is 8.11. The molecule has 1 aliphatic rings. The van der Waals surface area contributed by atoms with Crippen LogP contribution in [0.5, 0.6) is 0 Å². The van der Waals surface area contributed by atoms with Crippen LogP contribution in [0.1, 0.15) is 40.5 Å². The number of primary sulfonamides is 1. The number of nitrogens with two attached hydrogens (primary N) is 1. The van der Waals surface area contributed by atoms with Crippen LogP contribution in [0.2, 0.25) is 0 Å². The first kappa shape index (κ1) is 21.0. The van der Waals surface area contributed by atoms with E-state index in [0.717, 1.165) is 6.07 Å². The number of nitrogens with one attached hydrogen (secondary N) is 2. The van der Waals surface area contributed by atoms with E-state index in [1.165, 1.54) is 17.2 Å². The van der Waals surface area contributed by atoms with E-state index >= 15 is 0 Å². The van der Waals surface area contributed by atoms with E-state index in [9.17, 15) is 18.0 Å². The average molecular weight is 405 g/mol. The van der Waals surface area contributed by atoms with Crippen LogP contribution in [-0.2, 0) is 10.0 Å². The zero-order valence-electron chi connectivity index (χ0n) is 15.2. The molecule has 5 N–H and O–H groups in total. The first-order valence-corrected chi connectivity index (χ1v) is 10.1. The molecule has 0 unspecified atom stereocenters. The summed E-state index contributed by atoms with van der Waals surface area (Å²) in [6.07, 6.45) is 1.28. The summed E-state index contributed by atoms with van der Waals surface area (Å²) in [6, 6.07) is 3.30. The molecule has 26 heavy (non-hydrogen) atoms. The molecule has 0 amide bonds. The van der Waals surface area contributed by atoms with Gasteiger partial charge in [-0.2, -0.15) is 5.06 Å². The molecule has 0 bridgehead atoms. The Labute approximate surface area is 158 Å². The third-order valence-electron chi connectivity index (χ3n) is 4.49. The standard InChI is InChI=1S/C16H25FN4O3S2/c1-15(2)8-10(9-16(3,4)21(15)22)19-14(25)20-13-6-5-11(7-12(13)17)26(18,23)24/h5-7,10,22H,8-9H2,1-4H3,(H2,18,23,24)(H2,19,20,25). The monoisotopic (exact) mass is 404 g/mol. The van der Waals surface area contributed by atoms with Gasteiger partial charge in [0.05, 0.1) is 10.6 Å². The van der Waals surface area contributed by atoms with E-state index in [1.807, 2.05) is 27.7 Å². The molecular formula is C16H25FN4O3S2. The molecular weight excluding hydrogens is 379 g/mol. The third kappa shape index (κ3) is 4.68. The molecule has 0 aromatic heterocycles. The zero-order chi connectivity index (χ0) is 19.9. The van der Waals surface area contributed by atoms with Crippen LogP contribution in [0.25, 0.3) is 0 Å². The van der Waals surface area contributed by atoms with Crippen LogP contribution in [0.4, 0.5) is 10.1 Å². The predicted octanol–water partition coefficient (Wildman–Crippen LogP) is 2.17. The summed E-state index contributed by atoms with van der Waals surface area (Å²) in [4.78, 5) is -0.307. The molecule has 1 heterocycles. The summed E-state index contributed by atoms with van der Waals surface area (Å²) in [5.74, 6) is -0.772. The largest absolute Gasteiger partial charge is 0.360 e. The summed E-state index contributed by atoms with van der Waals surface area (Å²) in [5, 5.41) is 22.8. The van der Waals surface area contributed by atoms with Crippen LogP contribution in [0, 0.1) is 5.82 Å². The lowest BCUT2D eigenvalue weighted by Crippen LogP contribution is -2.63. The average Bonchev–Trinajstić information content (AvgIpc) is 2.45. The lowest BCUT2D eigenvalue weighted by molar-refractivity contribution is -0.245. The number of benzene rings is 1. The number of hydroxylamine groups is 2. The number of sulfonamides is 1. The second-order valence-corrected chi connectivity index (χ2v) is 9.80. The highest BCUT2D eigenvalue weighted by atomic mass is 32.2. The molecule has 0 radical (unpaired) electrons. The maximum Gasteiger partial charge on any atom is 0.238 e. The number of hydrogen-bond acceptors (Lipinski definition) is 5. The molecule has 1 aromatic rings. The number of thiocarbonyl (C=S) groups is 1. The van der Waals surface area contributed by atoms with Crippen molar-refractivity contribution in [3.8, 4) is 0 Å². The van der Waals surface area contributed by atoms with Gasteiger partial charge < -0.3 is 15.8 Å². The molecule has 7 nitrogen and oxygen atoms in total. The van der Waals surface area contributed by atoms with Gasteiger partial charge in [0.2, 0.25) is 10.0 Å². The van der Waals surface area contributed by atoms with Crippen molar-refractivity contribution in [1.29, 1.82) is 0 Å². The lowest BCUT2D eigenvalue weighted by Gasteiger charge is -2.51. The third-order valence-corrected chi connectivity index (χ3v) is 5.62. The Bertz CT molecular complexity index is 794. The molecule has 1 fully saturated rings. The van der Waals surface area contributed by atoms with Crippen LogP contribution in [0.3, 0.4) is 0 Å². The van der Waals surface area contributed by atoms with Crippen LogP contribution in [0.15, 0.2) is 23.1 Å². The molecule has 0 aliphatic carbocycles. The highest BCUT2D eigenvalue weighted by Gasteiger charge is 2.45. The molecule has 1 aliphatic heterocycles. The summed E-state index contributed by atoms with van der Waals surface area (Å²) in [7, 11) is -3.97. The molecule has 1 aromatic carbocycles. The quantitative estimate of drug-likeness (QED) is 0.572. The Morgan fingerprint density at radius 3 is 2.31 bits per heavy atom. The van der Waals surface area contributed by atoms with Crippen molar-refractivity contribution in [2.45, 2.75) is 62.6 Å². The van der Waals surface area contributed by atoms with Gasteiger partial charge in [0.1, 0.15) is 5.82 Å². The Morgan fingerprint density at radius 2 is 1.85 bits per heavy atom. The maximum atomic E-state index is 14.1. The van der Waals surface area contributed by atoms with Gasteiger partial charge in [0.15, 0.2) is 5.11 Å². The van der Waals surface area contributed by atoms with Crippen LogP contribution in [-0.4, -0.2) is 40.9 Å². The topological polar surface area (TPSA) is 108 Å². The van der Waals surface area contributed by atoms with Gasteiger partial charge in [0.25, 0.3) is 0 Å². The second kappa shape index (κ2) is 7.01. The van der Waals surface area contributed by atoms with Gasteiger partial charge in [-0.25, -0.2) is 17.9 Å². The number of rotatable bonds is 3. The fraction of sp³-hybridized carbons (Fsp3) is 0.562. The van der Waals surface area contributed by atoms with Gasteiger partial charge >= 0.3 is 0 Å². The van der Waals surface area contributed by atoms with E-state index < -0.39 is 26.9 Å². The van der Waals surface area contributed by atoms with Crippen LogP contribution >= 0.6 is 12.2 Å². The number of halogens is 1. The van der Waals surface area contributed by atoms with Crippen molar-refractivity contribution in [3.05, 3.63) is 24.0 Å². The minimum absolute atomic E-state index is 0.0184. The minimum Gasteiger partial charge on any atom is -0.360 e. The molecule has 2 rings (SSSR count). The van der Waals surface area contributed by atoms with Gasteiger partial charge in [-0.05, 0) is 71.0 Å². The number of anilines is 1. The predicted molar refractivity (Wildman–Crippen MR) is 102 cm³/mol. The summed E-state index contributed by atoms with van der Waals surface area (Å²) >= 11 is 5.25. The van der Waals surface area contributed by atoms with Gasteiger partial charge in [-0.15, -0.1) is 0 Å². The summed E-state index contributed by atoms with van der Waals surface area (Å²) < 4.78 is 36.6. The molecule has 0 saturated carbocycles. The molecule has 10 heteroatoms. The Kier molecular flexibility index (Phi) is 5.65. The van der Waals surface area contributed by atoms with Gasteiger partial charge in [-0.1, -0.05) is 0 Å². The van der Waals surface area contributed by atoms with E-state index in [2.05, 4.69) is 10.6 Å². The lowest BCUT2D eigenvalue weighted by atomic mass is 9.79. The molecule has 146 valence electrons. The smallest absolute Gasteiger partial charge is 0.238 e. The second-order valence-electron chi connectivity index (χ2n) is 7.83.